The Kier molecular flexibility index (Phi) is 4.24. The first-order valence-electron chi connectivity index (χ1n) is 7.71. The Morgan fingerprint density at radius 2 is 1.64 bits per heavy atom. The number of aromatic nitrogens is 2. The van der Waals surface area contributed by atoms with Gasteiger partial charge in [0.15, 0.2) is 0 Å². The van der Waals surface area contributed by atoms with Crippen molar-refractivity contribution in [1.29, 1.82) is 0 Å². The highest BCUT2D eigenvalue weighted by Gasteiger charge is 2.16. The van der Waals surface area contributed by atoms with Gasteiger partial charge >= 0.3 is 0 Å². The molecule has 0 radical (unpaired) electrons. The van der Waals surface area contributed by atoms with Gasteiger partial charge in [0.2, 0.25) is 0 Å². The average Bonchev–Trinajstić information content (AvgIpc) is 2.96. The first-order chi connectivity index (χ1) is 10.8. The molecule has 112 valence electrons. The van der Waals surface area contributed by atoms with Gasteiger partial charge < -0.3 is 0 Å². The highest BCUT2D eigenvalue weighted by Crippen LogP contribution is 2.23. The third kappa shape index (κ3) is 2.89. The molecule has 0 saturated heterocycles. The fourth-order valence-electron chi connectivity index (χ4n) is 2.80. The maximum Gasteiger partial charge on any atom is 0.267 e. The normalized spacial score (nSPS) is 12.2. The molecule has 0 aliphatic carbocycles. The zero-order valence-corrected chi connectivity index (χ0v) is 12.7. The van der Waals surface area contributed by atoms with Crippen molar-refractivity contribution in [3.8, 4) is 11.3 Å². The molecule has 22 heavy (non-hydrogen) atoms. The molecule has 0 spiro atoms. The fraction of sp³-hybridized carbons (Fsp3) is 0.211. The first kappa shape index (κ1) is 14.4. The third-order valence-electron chi connectivity index (χ3n) is 3.89. The lowest BCUT2D eigenvalue weighted by atomic mass is 10.0. The lowest BCUT2D eigenvalue weighted by Crippen LogP contribution is -2.23. The Labute approximate surface area is 130 Å². The molecule has 0 aliphatic rings. The number of aromatic amines is 1. The van der Waals surface area contributed by atoms with Crippen LogP contribution in [0.2, 0.25) is 0 Å². The van der Waals surface area contributed by atoms with Crippen LogP contribution >= 0.6 is 0 Å². The maximum absolute atomic E-state index is 12.4. The van der Waals surface area contributed by atoms with Gasteiger partial charge in [-0.05, 0) is 17.5 Å². The van der Waals surface area contributed by atoms with E-state index < -0.39 is 0 Å². The summed E-state index contributed by atoms with van der Waals surface area (Å²) in [6.45, 7) is 2.14. The van der Waals surface area contributed by atoms with Crippen LogP contribution in [0.3, 0.4) is 0 Å². The van der Waals surface area contributed by atoms with Crippen LogP contribution in [0.1, 0.15) is 31.4 Å². The van der Waals surface area contributed by atoms with Crippen molar-refractivity contribution in [1.82, 2.24) is 9.78 Å². The van der Waals surface area contributed by atoms with Gasteiger partial charge in [-0.1, -0.05) is 74.0 Å². The van der Waals surface area contributed by atoms with E-state index in [1.165, 1.54) is 0 Å². The molecule has 3 heteroatoms. The molecule has 1 atom stereocenters. The number of H-pyrrole nitrogens is 1. The molecular formula is C19H20N2O. The molecular weight excluding hydrogens is 272 g/mol. The van der Waals surface area contributed by atoms with Crippen molar-refractivity contribution in [2.45, 2.75) is 25.8 Å². The molecule has 3 nitrogen and oxygen atoms in total. The molecule has 0 aliphatic heterocycles. The molecule has 3 rings (SSSR count). The zero-order chi connectivity index (χ0) is 15.4. The van der Waals surface area contributed by atoms with Crippen molar-refractivity contribution in [2.75, 3.05) is 0 Å². The largest absolute Gasteiger partial charge is 0.294 e. The monoisotopic (exact) mass is 292 g/mol. The van der Waals surface area contributed by atoms with Crippen molar-refractivity contribution in [3.63, 3.8) is 0 Å². The number of nitrogens with one attached hydrogen (secondary N) is 1. The maximum atomic E-state index is 12.4. The van der Waals surface area contributed by atoms with Crippen molar-refractivity contribution in [3.05, 3.63) is 82.6 Å². The molecule has 0 amide bonds. The van der Waals surface area contributed by atoms with Crippen LogP contribution in [0.5, 0.6) is 0 Å². The number of rotatable bonds is 5. The van der Waals surface area contributed by atoms with Gasteiger partial charge in [-0.25, -0.2) is 4.68 Å². The Morgan fingerprint density at radius 1 is 1.00 bits per heavy atom. The van der Waals surface area contributed by atoms with Crippen molar-refractivity contribution >= 4 is 0 Å². The van der Waals surface area contributed by atoms with Crippen molar-refractivity contribution in [2.24, 2.45) is 0 Å². The number of hydrogen-bond acceptors (Lipinski definition) is 1. The molecule has 2 aromatic carbocycles. The van der Waals surface area contributed by atoms with Crippen LogP contribution in [0, 0.1) is 0 Å². The van der Waals surface area contributed by atoms with E-state index in [4.69, 9.17) is 0 Å². The van der Waals surface area contributed by atoms with Gasteiger partial charge in [-0.2, -0.15) is 0 Å². The predicted octanol–water partition coefficient (Wildman–Crippen LogP) is 4.23. The van der Waals surface area contributed by atoms with Crippen LogP contribution in [0.15, 0.2) is 71.5 Å². The highest BCUT2D eigenvalue weighted by atomic mass is 16.1. The minimum atomic E-state index is 0.0150. The lowest BCUT2D eigenvalue weighted by Gasteiger charge is -2.17. The van der Waals surface area contributed by atoms with Crippen LogP contribution in [0.4, 0.5) is 0 Å². The summed E-state index contributed by atoms with van der Waals surface area (Å²) in [6.07, 6.45) is 1.95. The molecule has 0 fully saturated rings. The van der Waals surface area contributed by atoms with E-state index in [0.717, 1.165) is 29.7 Å². The van der Waals surface area contributed by atoms with Gasteiger partial charge in [0.05, 0.1) is 11.7 Å². The highest BCUT2D eigenvalue weighted by molar-refractivity contribution is 5.58. The lowest BCUT2D eigenvalue weighted by molar-refractivity contribution is 0.473. The molecule has 1 unspecified atom stereocenters. The summed E-state index contributed by atoms with van der Waals surface area (Å²) >= 11 is 0. The Balaban J connectivity index is 2.03. The van der Waals surface area contributed by atoms with Gasteiger partial charge in [0, 0.05) is 6.07 Å². The van der Waals surface area contributed by atoms with Gasteiger partial charge in [0.1, 0.15) is 0 Å². The quantitative estimate of drug-likeness (QED) is 0.750. The zero-order valence-electron chi connectivity index (χ0n) is 12.7. The summed E-state index contributed by atoms with van der Waals surface area (Å²) in [6, 6.07) is 21.9. The summed E-state index contributed by atoms with van der Waals surface area (Å²) in [5.41, 5.74) is 3.07. The van der Waals surface area contributed by atoms with Crippen LogP contribution in [0.25, 0.3) is 11.3 Å². The summed E-state index contributed by atoms with van der Waals surface area (Å²) in [5, 5.41) is 3.29. The number of hydrogen-bond donors (Lipinski definition) is 1. The SMILES string of the molecule is CCCC(c1ccccc1)n1[nH]c(-c2ccccc2)cc1=O. The van der Waals surface area contributed by atoms with E-state index in [1.807, 2.05) is 48.5 Å². The second-order valence-corrected chi connectivity index (χ2v) is 5.46. The standard InChI is InChI=1S/C19H20N2O/c1-2-9-18(16-12-7-4-8-13-16)21-19(22)14-17(20-21)15-10-5-3-6-11-15/h3-8,10-14,18,20H,2,9H2,1H3. The van der Waals surface area contributed by atoms with E-state index in [0.29, 0.717) is 0 Å². The molecule has 0 bridgehead atoms. The minimum Gasteiger partial charge on any atom is -0.294 e. The summed E-state index contributed by atoms with van der Waals surface area (Å²) in [7, 11) is 0. The Hall–Kier alpha value is -2.55. The predicted molar refractivity (Wildman–Crippen MR) is 90.0 cm³/mol. The Morgan fingerprint density at radius 3 is 2.27 bits per heavy atom. The van der Waals surface area contributed by atoms with Gasteiger partial charge in [-0.3, -0.25) is 9.89 Å². The third-order valence-corrected chi connectivity index (χ3v) is 3.89. The summed E-state index contributed by atoms with van der Waals surface area (Å²) in [4.78, 5) is 12.4. The topological polar surface area (TPSA) is 37.8 Å². The Bertz CT molecular complexity index is 772. The average molecular weight is 292 g/mol. The van der Waals surface area contributed by atoms with E-state index in [-0.39, 0.29) is 11.6 Å². The fourth-order valence-corrected chi connectivity index (χ4v) is 2.80. The van der Waals surface area contributed by atoms with Gasteiger partial charge in [-0.15, -0.1) is 0 Å². The second kappa shape index (κ2) is 6.48. The summed E-state index contributed by atoms with van der Waals surface area (Å²) in [5.74, 6) is 0. The molecule has 1 heterocycles. The van der Waals surface area contributed by atoms with Crippen LogP contribution in [-0.2, 0) is 0 Å². The molecule has 1 N–H and O–H groups in total. The smallest absolute Gasteiger partial charge is 0.267 e. The summed E-state index contributed by atoms with van der Waals surface area (Å²) < 4.78 is 1.75. The second-order valence-electron chi connectivity index (χ2n) is 5.46. The van der Waals surface area contributed by atoms with E-state index in [9.17, 15) is 4.79 Å². The van der Waals surface area contributed by atoms with E-state index in [2.05, 4.69) is 24.2 Å². The van der Waals surface area contributed by atoms with Crippen LogP contribution in [-0.4, -0.2) is 9.78 Å². The van der Waals surface area contributed by atoms with Crippen LogP contribution < -0.4 is 5.56 Å². The number of nitrogens with zero attached hydrogens (tertiary/aromatic N) is 1. The van der Waals surface area contributed by atoms with E-state index in [1.54, 1.807) is 10.7 Å². The first-order valence-corrected chi connectivity index (χ1v) is 7.71. The molecule has 3 aromatic rings. The number of benzene rings is 2. The van der Waals surface area contributed by atoms with Crippen molar-refractivity contribution < 1.29 is 0 Å². The molecule has 0 saturated carbocycles. The minimum absolute atomic E-state index is 0.0150. The van der Waals surface area contributed by atoms with E-state index >= 15 is 0 Å². The molecule has 1 aromatic heterocycles. The van der Waals surface area contributed by atoms with Gasteiger partial charge in [0.25, 0.3) is 5.56 Å².